The van der Waals surface area contributed by atoms with E-state index >= 15 is 0 Å². The third kappa shape index (κ3) is 2.93. The van der Waals surface area contributed by atoms with Crippen LogP contribution < -0.4 is 5.32 Å². The molecule has 0 atom stereocenters. The van der Waals surface area contributed by atoms with Crippen LogP contribution in [-0.4, -0.2) is 5.16 Å². The van der Waals surface area contributed by atoms with Gasteiger partial charge in [-0.15, -0.1) is 11.3 Å². The first-order valence-electron chi connectivity index (χ1n) is 5.44. The van der Waals surface area contributed by atoms with Crippen LogP contribution in [0.15, 0.2) is 28.1 Å². The number of aromatic nitrogens is 1. The number of thiophene rings is 1. The van der Waals surface area contributed by atoms with E-state index in [9.17, 15) is 0 Å². The summed E-state index contributed by atoms with van der Waals surface area (Å²) in [5, 5.41) is 9.45. The molecule has 0 amide bonds. The van der Waals surface area contributed by atoms with Crippen molar-refractivity contribution < 1.29 is 4.52 Å². The van der Waals surface area contributed by atoms with Crippen LogP contribution in [0.5, 0.6) is 0 Å². The molecule has 0 spiro atoms. The molecule has 2 aromatic heterocycles. The molecule has 0 saturated heterocycles. The van der Waals surface area contributed by atoms with E-state index in [4.69, 9.17) is 4.52 Å². The highest BCUT2D eigenvalue weighted by Crippen LogP contribution is 2.15. The van der Waals surface area contributed by atoms with Crippen molar-refractivity contribution in [2.75, 3.05) is 0 Å². The molecule has 3 nitrogen and oxygen atoms in total. The summed E-state index contributed by atoms with van der Waals surface area (Å²) in [6.07, 6.45) is 0. The highest BCUT2D eigenvalue weighted by molar-refractivity contribution is 7.09. The van der Waals surface area contributed by atoms with E-state index in [2.05, 4.69) is 41.8 Å². The van der Waals surface area contributed by atoms with Crippen molar-refractivity contribution in [2.24, 2.45) is 0 Å². The Balaban J connectivity index is 1.81. The lowest BCUT2D eigenvalue weighted by Crippen LogP contribution is -2.11. The van der Waals surface area contributed by atoms with Crippen molar-refractivity contribution in [1.82, 2.24) is 10.5 Å². The standard InChI is InChI=1S/C12H16N2OS/c1-9(2)12-6-10(14-15-12)7-13-8-11-4-3-5-16-11/h3-6,9,13H,7-8H2,1-2H3. The molecule has 0 aromatic carbocycles. The molecule has 0 saturated carbocycles. The highest BCUT2D eigenvalue weighted by Gasteiger charge is 2.07. The third-order valence-corrected chi connectivity index (χ3v) is 3.21. The molecule has 2 rings (SSSR count). The van der Waals surface area contributed by atoms with Gasteiger partial charge in [-0.25, -0.2) is 0 Å². The van der Waals surface area contributed by atoms with Crippen molar-refractivity contribution in [3.8, 4) is 0 Å². The quantitative estimate of drug-likeness (QED) is 0.866. The first kappa shape index (κ1) is 11.4. The van der Waals surface area contributed by atoms with E-state index in [0.29, 0.717) is 5.92 Å². The molecule has 1 N–H and O–H groups in total. The van der Waals surface area contributed by atoms with Gasteiger partial charge in [0.2, 0.25) is 0 Å². The summed E-state index contributed by atoms with van der Waals surface area (Å²) in [6.45, 7) is 5.85. The SMILES string of the molecule is CC(C)c1cc(CNCc2cccs2)no1. The zero-order valence-corrected chi connectivity index (χ0v) is 10.4. The first-order valence-corrected chi connectivity index (χ1v) is 6.32. The minimum atomic E-state index is 0.401. The predicted octanol–water partition coefficient (Wildman–Crippen LogP) is 3.15. The maximum atomic E-state index is 5.23. The molecule has 0 bridgehead atoms. The number of rotatable bonds is 5. The molecule has 0 fully saturated rings. The monoisotopic (exact) mass is 236 g/mol. The second-order valence-electron chi connectivity index (χ2n) is 4.06. The Labute approximate surface area is 99.5 Å². The van der Waals surface area contributed by atoms with Gasteiger partial charge >= 0.3 is 0 Å². The molecule has 0 aliphatic heterocycles. The summed E-state index contributed by atoms with van der Waals surface area (Å²) in [5.41, 5.74) is 0.972. The fourth-order valence-corrected chi connectivity index (χ4v) is 2.09. The third-order valence-electron chi connectivity index (χ3n) is 2.33. The van der Waals surface area contributed by atoms with Crippen LogP contribution in [0.4, 0.5) is 0 Å². The smallest absolute Gasteiger partial charge is 0.139 e. The molecule has 0 aliphatic rings. The first-order chi connectivity index (χ1) is 7.75. The summed E-state index contributed by atoms with van der Waals surface area (Å²) in [4.78, 5) is 1.34. The highest BCUT2D eigenvalue weighted by atomic mass is 32.1. The van der Waals surface area contributed by atoms with Crippen molar-refractivity contribution in [3.05, 3.63) is 39.9 Å². The van der Waals surface area contributed by atoms with Gasteiger partial charge in [0.15, 0.2) is 0 Å². The van der Waals surface area contributed by atoms with Crippen LogP contribution in [0.3, 0.4) is 0 Å². The number of nitrogens with zero attached hydrogens (tertiary/aromatic N) is 1. The lowest BCUT2D eigenvalue weighted by Gasteiger charge is -1.98. The molecule has 0 aliphatic carbocycles. The Morgan fingerprint density at radius 2 is 2.31 bits per heavy atom. The number of hydrogen-bond donors (Lipinski definition) is 1. The Kier molecular flexibility index (Phi) is 3.74. The predicted molar refractivity (Wildman–Crippen MR) is 65.5 cm³/mol. The molecule has 2 aromatic rings. The molecule has 86 valence electrons. The van der Waals surface area contributed by atoms with Crippen LogP contribution >= 0.6 is 11.3 Å². The van der Waals surface area contributed by atoms with Crippen LogP contribution in [0, 0.1) is 0 Å². The van der Waals surface area contributed by atoms with Crippen LogP contribution in [0.2, 0.25) is 0 Å². The normalized spacial score (nSPS) is 11.2. The Hall–Kier alpha value is -1.13. The topological polar surface area (TPSA) is 38.1 Å². The minimum Gasteiger partial charge on any atom is -0.361 e. The second-order valence-corrected chi connectivity index (χ2v) is 5.09. The Morgan fingerprint density at radius 3 is 2.94 bits per heavy atom. The zero-order valence-electron chi connectivity index (χ0n) is 9.56. The zero-order chi connectivity index (χ0) is 11.4. The second kappa shape index (κ2) is 5.27. The van der Waals surface area contributed by atoms with E-state index in [-0.39, 0.29) is 0 Å². The van der Waals surface area contributed by atoms with Crippen molar-refractivity contribution in [1.29, 1.82) is 0 Å². The van der Waals surface area contributed by atoms with Crippen molar-refractivity contribution in [2.45, 2.75) is 32.9 Å². The molecule has 16 heavy (non-hydrogen) atoms. The fraction of sp³-hybridized carbons (Fsp3) is 0.417. The van der Waals surface area contributed by atoms with Crippen LogP contribution in [-0.2, 0) is 13.1 Å². The van der Waals surface area contributed by atoms with Gasteiger partial charge in [0.1, 0.15) is 5.76 Å². The maximum absolute atomic E-state index is 5.23. The average Bonchev–Trinajstić information content (AvgIpc) is 2.87. The van der Waals surface area contributed by atoms with E-state index in [1.54, 1.807) is 11.3 Å². The van der Waals surface area contributed by atoms with Crippen LogP contribution in [0.1, 0.15) is 36.1 Å². The molecule has 2 heterocycles. The summed E-state index contributed by atoms with van der Waals surface area (Å²) in [6, 6.07) is 6.21. The minimum absolute atomic E-state index is 0.401. The molecular weight excluding hydrogens is 220 g/mol. The summed E-state index contributed by atoms with van der Waals surface area (Å²) < 4.78 is 5.23. The van der Waals surface area contributed by atoms with Gasteiger partial charge in [0.25, 0.3) is 0 Å². The van der Waals surface area contributed by atoms with E-state index in [1.807, 2.05) is 6.07 Å². The Morgan fingerprint density at radius 1 is 1.44 bits per heavy atom. The van der Waals surface area contributed by atoms with Crippen molar-refractivity contribution >= 4 is 11.3 Å². The van der Waals surface area contributed by atoms with Gasteiger partial charge < -0.3 is 9.84 Å². The molecule has 0 unspecified atom stereocenters. The van der Waals surface area contributed by atoms with E-state index in [0.717, 1.165) is 24.5 Å². The van der Waals surface area contributed by atoms with E-state index in [1.165, 1.54) is 4.88 Å². The van der Waals surface area contributed by atoms with Gasteiger partial charge in [0.05, 0.1) is 5.69 Å². The lowest BCUT2D eigenvalue weighted by atomic mass is 10.1. The molecular formula is C12H16N2OS. The van der Waals surface area contributed by atoms with Gasteiger partial charge in [-0.05, 0) is 11.4 Å². The van der Waals surface area contributed by atoms with Crippen LogP contribution in [0.25, 0.3) is 0 Å². The summed E-state index contributed by atoms with van der Waals surface area (Å²) in [5.74, 6) is 1.35. The lowest BCUT2D eigenvalue weighted by molar-refractivity contribution is 0.364. The van der Waals surface area contributed by atoms with Gasteiger partial charge in [0, 0.05) is 30.0 Å². The number of nitrogens with one attached hydrogen (secondary N) is 1. The molecule has 0 radical (unpaired) electrons. The Bertz CT molecular complexity index is 420. The summed E-state index contributed by atoms with van der Waals surface area (Å²) >= 11 is 1.76. The number of hydrogen-bond acceptors (Lipinski definition) is 4. The molecule has 4 heteroatoms. The maximum Gasteiger partial charge on any atom is 0.139 e. The van der Waals surface area contributed by atoms with Crippen molar-refractivity contribution in [3.63, 3.8) is 0 Å². The summed E-state index contributed by atoms with van der Waals surface area (Å²) in [7, 11) is 0. The van der Waals surface area contributed by atoms with E-state index < -0.39 is 0 Å². The van der Waals surface area contributed by atoms with Gasteiger partial charge in [-0.2, -0.15) is 0 Å². The fourth-order valence-electron chi connectivity index (χ4n) is 1.41. The largest absolute Gasteiger partial charge is 0.361 e. The van der Waals surface area contributed by atoms with Gasteiger partial charge in [-0.1, -0.05) is 25.1 Å². The van der Waals surface area contributed by atoms with Gasteiger partial charge in [-0.3, -0.25) is 0 Å². The average molecular weight is 236 g/mol.